The Morgan fingerprint density at radius 1 is 1.35 bits per heavy atom. The van der Waals surface area contributed by atoms with Crippen LogP contribution in [0.2, 0.25) is 0 Å². The first-order valence-electron chi connectivity index (χ1n) is 8.28. The van der Waals surface area contributed by atoms with Crippen LogP contribution in [-0.2, 0) is 14.8 Å². The van der Waals surface area contributed by atoms with Crippen molar-refractivity contribution in [1.29, 1.82) is 0 Å². The molecule has 128 valence electrons. The molecule has 0 aromatic heterocycles. The fourth-order valence-corrected chi connectivity index (χ4v) is 5.40. The molecule has 6 heteroatoms. The Hall–Kier alpha value is -1.11. The number of aryl methyl sites for hydroxylation is 1. The van der Waals surface area contributed by atoms with E-state index in [0.717, 1.165) is 31.4 Å². The number of ether oxygens (including phenoxy) is 2. The van der Waals surface area contributed by atoms with Gasteiger partial charge in [-0.3, -0.25) is 0 Å². The molecule has 1 atom stereocenters. The minimum atomic E-state index is -3.45. The number of sulfonamides is 1. The lowest BCUT2D eigenvalue weighted by atomic mass is 9.82. The van der Waals surface area contributed by atoms with Gasteiger partial charge in [0.15, 0.2) is 0 Å². The summed E-state index contributed by atoms with van der Waals surface area (Å²) in [7, 11) is -3.45. The fraction of sp³-hybridized carbons (Fsp3) is 0.647. The Morgan fingerprint density at radius 2 is 2.17 bits per heavy atom. The van der Waals surface area contributed by atoms with E-state index < -0.39 is 10.0 Å². The van der Waals surface area contributed by atoms with E-state index in [9.17, 15) is 8.42 Å². The molecule has 5 nitrogen and oxygen atoms in total. The zero-order valence-electron chi connectivity index (χ0n) is 13.9. The Bertz CT molecular complexity index is 665. The van der Waals surface area contributed by atoms with Crippen molar-refractivity contribution in [1.82, 2.24) is 4.31 Å². The molecule has 23 heavy (non-hydrogen) atoms. The molecule has 0 aliphatic carbocycles. The van der Waals surface area contributed by atoms with Crippen molar-refractivity contribution in [2.45, 2.75) is 38.0 Å². The summed E-state index contributed by atoms with van der Waals surface area (Å²) in [6.07, 6.45) is 2.97. The molecular formula is C17H25NO4S. The Morgan fingerprint density at radius 3 is 2.83 bits per heavy atom. The van der Waals surface area contributed by atoms with Crippen LogP contribution >= 0.6 is 0 Å². The van der Waals surface area contributed by atoms with Gasteiger partial charge in [-0.2, -0.15) is 4.31 Å². The minimum Gasteiger partial charge on any atom is -0.494 e. The second-order valence-electron chi connectivity index (χ2n) is 6.61. The van der Waals surface area contributed by atoms with Crippen LogP contribution in [0.1, 0.15) is 31.7 Å². The Balaban J connectivity index is 1.82. The second-order valence-corrected chi connectivity index (χ2v) is 8.51. The Kier molecular flexibility index (Phi) is 4.67. The highest BCUT2D eigenvalue weighted by atomic mass is 32.2. The zero-order valence-corrected chi connectivity index (χ0v) is 14.7. The van der Waals surface area contributed by atoms with E-state index in [1.54, 1.807) is 22.5 Å². The van der Waals surface area contributed by atoms with E-state index >= 15 is 0 Å². The highest BCUT2D eigenvalue weighted by molar-refractivity contribution is 7.89. The lowest BCUT2D eigenvalue weighted by Gasteiger charge is -2.33. The van der Waals surface area contributed by atoms with Gasteiger partial charge in [0.1, 0.15) is 5.75 Å². The van der Waals surface area contributed by atoms with Crippen molar-refractivity contribution in [2.75, 3.05) is 32.9 Å². The molecule has 3 rings (SSSR count). The van der Waals surface area contributed by atoms with Crippen LogP contribution in [0.3, 0.4) is 0 Å². The normalized spacial score (nSPS) is 25.8. The van der Waals surface area contributed by atoms with E-state index in [2.05, 4.69) is 0 Å². The van der Waals surface area contributed by atoms with E-state index in [4.69, 9.17) is 9.47 Å². The van der Waals surface area contributed by atoms with Crippen LogP contribution < -0.4 is 4.74 Å². The highest BCUT2D eigenvalue weighted by Crippen LogP contribution is 2.40. The van der Waals surface area contributed by atoms with Gasteiger partial charge in [-0.1, -0.05) is 0 Å². The molecule has 0 bridgehead atoms. The summed E-state index contributed by atoms with van der Waals surface area (Å²) < 4.78 is 38.7. The van der Waals surface area contributed by atoms with Crippen LogP contribution in [0, 0.1) is 12.3 Å². The van der Waals surface area contributed by atoms with Crippen molar-refractivity contribution < 1.29 is 17.9 Å². The smallest absolute Gasteiger partial charge is 0.243 e. The lowest BCUT2D eigenvalue weighted by molar-refractivity contribution is 0.000898. The first kappa shape index (κ1) is 16.7. The maximum absolute atomic E-state index is 13.0. The Labute approximate surface area is 138 Å². The number of benzene rings is 1. The lowest BCUT2D eigenvalue weighted by Crippen LogP contribution is -2.37. The van der Waals surface area contributed by atoms with Crippen LogP contribution in [0.25, 0.3) is 0 Å². The zero-order chi connectivity index (χ0) is 16.5. The van der Waals surface area contributed by atoms with Crippen molar-refractivity contribution in [3.8, 4) is 5.75 Å². The van der Waals surface area contributed by atoms with Gasteiger partial charge in [-0.05, 0) is 56.9 Å². The van der Waals surface area contributed by atoms with Gasteiger partial charge in [0, 0.05) is 25.1 Å². The third-order valence-electron chi connectivity index (χ3n) is 4.88. The summed E-state index contributed by atoms with van der Waals surface area (Å²) >= 11 is 0. The van der Waals surface area contributed by atoms with Gasteiger partial charge < -0.3 is 9.47 Å². The summed E-state index contributed by atoms with van der Waals surface area (Å²) in [5.41, 5.74) is 0.751. The topological polar surface area (TPSA) is 55.8 Å². The molecule has 1 spiro atoms. The first-order valence-corrected chi connectivity index (χ1v) is 9.72. The number of hydrogen-bond donors (Lipinski definition) is 0. The summed E-state index contributed by atoms with van der Waals surface area (Å²) in [5, 5.41) is 0. The molecule has 0 unspecified atom stereocenters. The molecule has 2 heterocycles. The third-order valence-corrected chi connectivity index (χ3v) is 6.89. The molecule has 0 saturated carbocycles. The second kappa shape index (κ2) is 6.42. The molecule has 2 fully saturated rings. The molecule has 0 amide bonds. The van der Waals surface area contributed by atoms with Crippen LogP contribution in [0.15, 0.2) is 23.1 Å². The molecule has 1 aromatic carbocycles. The van der Waals surface area contributed by atoms with Crippen molar-refractivity contribution in [2.24, 2.45) is 5.41 Å². The number of rotatable bonds is 4. The molecule has 2 aliphatic heterocycles. The maximum Gasteiger partial charge on any atom is 0.243 e. The molecule has 2 saturated heterocycles. The molecule has 0 N–H and O–H groups in total. The summed E-state index contributed by atoms with van der Waals surface area (Å²) in [6.45, 7) is 6.94. The van der Waals surface area contributed by atoms with Gasteiger partial charge in [0.2, 0.25) is 10.0 Å². The minimum absolute atomic E-state index is 0.0183. The van der Waals surface area contributed by atoms with Crippen LogP contribution in [0.4, 0.5) is 0 Å². The molecule has 0 radical (unpaired) electrons. The monoisotopic (exact) mass is 339 g/mol. The number of nitrogens with zero attached hydrogens (tertiary/aromatic N) is 1. The molecule has 2 aliphatic rings. The molecule has 1 aromatic rings. The SMILES string of the molecule is CCOc1ccc(S(=O)(=O)N2CC[C@@]3(CCCOC3)C2)c(C)c1. The van der Waals surface area contributed by atoms with Crippen molar-refractivity contribution in [3.63, 3.8) is 0 Å². The first-order chi connectivity index (χ1) is 11.0. The van der Waals surface area contributed by atoms with Crippen molar-refractivity contribution in [3.05, 3.63) is 23.8 Å². The van der Waals surface area contributed by atoms with E-state index in [1.807, 2.05) is 13.8 Å². The predicted molar refractivity (Wildman–Crippen MR) is 88.2 cm³/mol. The maximum atomic E-state index is 13.0. The van der Waals surface area contributed by atoms with Gasteiger partial charge in [0.25, 0.3) is 0 Å². The van der Waals surface area contributed by atoms with Gasteiger partial charge in [-0.15, -0.1) is 0 Å². The van der Waals surface area contributed by atoms with E-state index in [-0.39, 0.29) is 5.41 Å². The average Bonchev–Trinajstić information content (AvgIpc) is 2.92. The van der Waals surface area contributed by atoms with Gasteiger partial charge >= 0.3 is 0 Å². The van der Waals surface area contributed by atoms with Crippen LogP contribution in [0.5, 0.6) is 5.75 Å². The largest absolute Gasteiger partial charge is 0.494 e. The number of hydrogen-bond acceptors (Lipinski definition) is 4. The van der Waals surface area contributed by atoms with Gasteiger partial charge in [0.05, 0.1) is 18.1 Å². The predicted octanol–water partition coefficient (Wildman–Crippen LogP) is 2.58. The fourth-order valence-electron chi connectivity index (χ4n) is 3.64. The molecular weight excluding hydrogens is 314 g/mol. The highest BCUT2D eigenvalue weighted by Gasteiger charge is 2.44. The summed E-state index contributed by atoms with van der Waals surface area (Å²) in [6, 6.07) is 5.20. The van der Waals surface area contributed by atoms with E-state index in [0.29, 0.717) is 36.9 Å². The third kappa shape index (κ3) is 3.25. The van der Waals surface area contributed by atoms with Crippen LogP contribution in [-0.4, -0.2) is 45.6 Å². The summed E-state index contributed by atoms with van der Waals surface area (Å²) in [5.74, 6) is 0.711. The summed E-state index contributed by atoms with van der Waals surface area (Å²) in [4.78, 5) is 0.384. The van der Waals surface area contributed by atoms with Gasteiger partial charge in [-0.25, -0.2) is 8.42 Å². The van der Waals surface area contributed by atoms with Crippen molar-refractivity contribution >= 4 is 10.0 Å². The standard InChI is InChI=1S/C17H25NO4S/c1-3-22-15-5-6-16(14(2)11-15)23(19,20)18-9-8-17(12-18)7-4-10-21-13-17/h5-6,11H,3-4,7-10,12-13H2,1-2H3/t17-/m0/s1. The quantitative estimate of drug-likeness (QED) is 0.846. The average molecular weight is 339 g/mol. The van der Waals surface area contributed by atoms with E-state index in [1.165, 1.54) is 0 Å².